The Bertz CT molecular complexity index is 1180. The maximum absolute atomic E-state index is 15.0. The Morgan fingerprint density at radius 1 is 1.06 bits per heavy atom. The minimum absolute atomic E-state index is 0.170. The van der Waals surface area contributed by atoms with E-state index in [1.54, 1.807) is 0 Å². The second-order valence-electron chi connectivity index (χ2n) is 8.18. The number of benzene rings is 2. The van der Waals surface area contributed by atoms with Gasteiger partial charge in [-0.15, -0.1) is 0 Å². The van der Waals surface area contributed by atoms with Crippen LogP contribution in [0.25, 0.3) is 5.70 Å². The van der Waals surface area contributed by atoms with E-state index in [0.717, 1.165) is 6.07 Å². The van der Waals surface area contributed by atoms with E-state index in [4.69, 9.17) is 16.4 Å². The number of urea groups is 1. The van der Waals surface area contributed by atoms with E-state index in [9.17, 15) is 31.1 Å². The maximum Gasteiger partial charge on any atom is 0.428 e. The molecule has 2 aliphatic heterocycles. The third-order valence-electron chi connectivity index (χ3n) is 5.84. The Morgan fingerprint density at radius 3 is 2.23 bits per heavy atom. The largest absolute Gasteiger partial charge is 0.428 e. The number of hydroxylamine groups is 1. The molecule has 0 bridgehead atoms. The first-order chi connectivity index (χ1) is 16.2. The van der Waals surface area contributed by atoms with Crippen molar-refractivity contribution in [3.05, 3.63) is 75.8 Å². The van der Waals surface area contributed by atoms with E-state index in [1.807, 2.05) is 0 Å². The van der Waals surface area contributed by atoms with Gasteiger partial charge in [0.15, 0.2) is 5.67 Å². The summed E-state index contributed by atoms with van der Waals surface area (Å²) in [6.45, 7) is -0.382. The highest BCUT2D eigenvalue weighted by molar-refractivity contribution is 6.30. The average Bonchev–Trinajstić information content (AvgIpc) is 3.22. The van der Waals surface area contributed by atoms with Crippen LogP contribution in [0.15, 0.2) is 48.5 Å². The van der Waals surface area contributed by atoms with Gasteiger partial charge in [0.1, 0.15) is 0 Å². The molecule has 1 fully saturated rings. The summed E-state index contributed by atoms with van der Waals surface area (Å²) in [5, 5.41) is 1.83. The standard InChI is InChI=1S/C22H17ClF7N3O2/c1-31-18(34)33-10-19(24,11-33)13-4-2-12(3-5-13)17-9-20(35-32-17,22(28,29)30)14-6-15(21(25,26)27)8-16(23)7-14/h2-9,32H,10-11H2,1H3,(H,31,34). The number of alkyl halides is 7. The minimum atomic E-state index is -5.16. The zero-order valence-electron chi connectivity index (χ0n) is 17.8. The van der Waals surface area contributed by atoms with Crippen molar-refractivity contribution in [2.45, 2.75) is 23.6 Å². The average molecular weight is 524 g/mol. The number of nitrogens with one attached hydrogen (secondary N) is 2. The Kier molecular flexibility index (Phi) is 5.95. The summed E-state index contributed by atoms with van der Waals surface area (Å²) in [5.41, 5.74) is -4.97. The van der Waals surface area contributed by atoms with Gasteiger partial charge in [0.25, 0.3) is 0 Å². The monoisotopic (exact) mass is 523 g/mol. The van der Waals surface area contributed by atoms with E-state index in [0.29, 0.717) is 18.2 Å². The topological polar surface area (TPSA) is 53.6 Å². The Hall–Kier alpha value is -2.99. The van der Waals surface area contributed by atoms with Gasteiger partial charge in [-0.3, -0.25) is 10.3 Å². The van der Waals surface area contributed by atoms with Crippen LogP contribution in [0.2, 0.25) is 5.02 Å². The first kappa shape index (κ1) is 25.1. The van der Waals surface area contributed by atoms with Crippen LogP contribution in [0.4, 0.5) is 35.5 Å². The lowest BCUT2D eigenvalue weighted by molar-refractivity contribution is -0.269. The predicted octanol–water partition coefficient (Wildman–Crippen LogP) is 5.51. The van der Waals surface area contributed by atoms with Gasteiger partial charge in [-0.1, -0.05) is 35.9 Å². The van der Waals surface area contributed by atoms with Gasteiger partial charge < -0.3 is 10.2 Å². The molecule has 35 heavy (non-hydrogen) atoms. The number of amides is 2. The Balaban J connectivity index is 1.66. The molecule has 0 saturated carbocycles. The minimum Gasteiger partial charge on any atom is -0.341 e. The quantitative estimate of drug-likeness (QED) is 0.522. The molecule has 2 heterocycles. The molecule has 0 aliphatic carbocycles. The number of hydrogen-bond donors (Lipinski definition) is 2. The number of likely N-dealkylation sites (tertiary alicyclic amines) is 1. The van der Waals surface area contributed by atoms with Crippen LogP contribution in [-0.2, 0) is 22.3 Å². The number of carbonyl (C=O) groups excluding carboxylic acids is 1. The third-order valence-corrected chi connectivity index (χ3v) is 6.06. The van der Waals surface area contributed by atoms with Gasteiger partial charge in [0.2, 0.25) is 5.60 Å². The molecule has 13 heteroatoms. The summed E-state index contributed by atoms with van der Waals surface area (Å²) in [4.78, 5) is 17.6. The van der Waals surface area contributed by atoms with Gasteiger partial charge >= 0.3 is 18.4 Å². The van der Waals surface area contributed by atoms with Crippen molar-refractivity contribution in [1.82, 2.24) is 15.7 Å². The van der Waals surface area contributed by atoms with Crippen molar-refractivity contribution in [2.75, 3.05) is 20.1 Å². The molecule has 5 nitrogen and oxygen atoms in total. The fraction of sp³-hybridized carbons (Fsp3) is 0.318. The third kappa shape index (κ3) is 4.40. The lowest BCUT2D eigenvalue weighted by Gasteiger charge is -2.44. The van der Waals surface area contributed by atoms with Crippen LogP contribution >= 0.6 is 11.6 Å². The summed E-state index contributed by atoms with van der Waals surface area (Å²) in [6, 6.07) is 6.54. The summed E-state index contributed by atoms with van der Waals surface area (Å²) in [6.07, 6.45) is -9.48. The van der Waals surface area contributed by atoms with Crippen LogP contribution in [0.5, 0.6) is 0 Å². The Morgan fingerprint density at radius 2 is 1.69 bits per heavy atom. The van der Waals surface area contributed by atoms with Crippen LogP contribution < -0.4 is 10.8 Å². The lowest BCUT2D eigenvalue weighted by atomic mass is 9.87. The van der Waals surface area contributed by atoms with E-state index < -0.39 is 45.8 Å². The van der Waals surface area contributed by atoms with E-state index >= 15 is 4.39 Å². The first-order valence-corrected chi connectivity index (χ1v) is 10.4. The second kappa shape index (κ2) is 8.30. The zero-order chi connectivity index (χ0) is 25.8. The summed E-state index contributed by atoms with van der Waals surface area (Å²) in [5.74, 6) is 0. The van der Waals surface area contributed by atoms with Gasteiger partial charge in [-0.25, -0.2) is 9.18 Å². The lowest BCUT2D eigenvalue weighted by Crippen LogP contribution is -2.60. The highest BCUT2D eigenvalue weighted by Crippen LogP contribution is 2.49. The molecule has 2 aliphatic rings. The van der Waals surface area contributed by atoms with E-state index in [-0.39, 0.29) is 29.9 Å². The van der Waals surface area contributed by atoms with E-state index in [1.165, 1.54) is 36.2 Å². The molecular weight excluding hydrogens is 507 g/mol. The number of hydrogen-bond acceptors (Lipinski definition) is 3. The van der Waals surface area contributed by atoms with Crippen LogP contribution in [0.1, 0.15) is 22.3 Å². The van der Waals surface area contributed by atoms with Gasteiger partial charge in [-0.05, 0) is 35.4 Å². The predicted molar refractivity (Wildman–Crippen MR) is 112 cm³/mol. The maximum atomic E-state index is 15.0. The molecule has 188 valence electrons. The van der Waals surface area contributed by atoms with Gasteiger partial charge in [0.05, 0.1) is 24.4 Å². The van der Waals surface area contributed by atoms with Crippen molar-refractivity contribution in [3.63, 3.8) is 0 Å². The fourth-order valence-corrected chi connectivity index (χ4v) is 4.18. The number of carbonyl (C=O) groups is 1. The highest BCUT2D eigenvalue weighted by atomic mass is 35.5. The molecule has 1 unspecified atom stereocenters. The number of nitrogens with zero attached hydrogens (tertiary/aromatic N) is 1. The fourth-order valence-electron chi connectivity index (χ4n) is 3.94. The molecule has 2 aromatic carbocycles. The number of rotatable bonds is 3. The second-order valence-corrected chi connectivity index (χ2v) is 8.61. The van der Waals surface area contributed by atoms with Gasteiger partial charge in [-0.2, -0.15) is 26.3 Å². The van der Waals surface area contributed by atoms with E-state index in [2.05, 4.69) is 10.8 Å². The highest BCUT2D eigenvalue weighted by Gasteiger charge is 2.60. The molecule has 1 saturated heterocycles. The number of halogens is 8. The van der Waals surface area contributed by atoms with Crippen molar-refractivity contribution in [1.29, 1.82) is 0 Å². The van der Waals surface area contributed by atoms with Crippen molar-refractivity contribution >= 4 is 23.3 Å². The Labute approximate surface area is 199 Å². The molecule has 0 radical (unpaired) electrons. The molecule has 0 aromatic heterocycles. The first-order valence-electron chi connectivity index (χ1n) is 10.1. The molecule has 0 spiro atoms. The summed E-state index contributed by atoms with van der Waals surface area (Å²) >= 11 is 5.69. The summed E-state index contributed by atoms with van der Waals surface area (Å²) in [7, 11) is 1.41. The van der Waals surface area contributed by atoms with Crippen molar-refractivity contribution < 1.29 is 40.4 Å². The van der Waals surface area contributed by atoms with Crippen LogP contribution in [-0.4, -0.2) is 37.2 Å². The molecule has 4 rings (SSSR count). The molecule has 2 amide bonds. The molecule has 2 N–H and O–H groups in total. The zero-order valence-corrected chi connectivity index (χ0v) is 18.6. The van der Waals surface area contributed by atoms with Crippen molar-refractivity contribution in [2.24, 2.45) is 0 Å². The van der Waals surface area contributed by atoms with Crippen LogP contribution in [0, 0.1) is 0 Å². The molecule has 1 atom stereocenters. The smallest absolute Gasteiger partial charge is 0.341 e. The molecule has 2 aromatic rings. The summed E-state index contributed by atoms with van der Waals surface area (Å²) < 4.78 is 97.0. The van der Waals surface area contributed by atoms with Gasteiger partial charge in [0, 0.05) is 17.6 Å². The SMILES string of the molecule is CNC(=O)N1CC(F)(c2ccc(C3=CC(c4cc(Cl)cc(C(F)(F)F)c4)(C(F)(F)F)ON3)cc2)C1. The van der Waals surface area contributed by atoms with Crippen LogP contribution in [0.3, 0.4) is 0 Å². The van der Waals surface area contributed by atoms with Crippen molar-refractivity contribution in [3.8, 4) is 0 Å². The normalized spacial score (nSPS) is 21.7. The molecular formula is C22H17ClF7N3O2.